The first-order valence-corrected chi connectivity index (χ1v) is 38.4. The SMILES string of the molecule is CC[C@H](C)[C@H](NC(=O)[C@H](CCC(=O)O)NC(=O)[C@H](CC(N)=O)NC(=O)[C@@H](NC(=O)CNC(=O)[C@H](CC(C)C)NC(=O)[C@H](CC(C)C)NC(=O)CNC(=O)[C@@H](NC(=O)[C@H](CCC(=O)O)NC(=O)[C@H](CC(N)=O)NC(=O)[C@@H](NC(=O)[C@@H](N)CS)[C@@H](C)O)[C@@H](C)CC)[C@@H](C)O)C(=O)NCC(=O)N[C@@H](CC(C)C)C(=O)N[C@@H](CC(C)C)C(=O)O. The minimum atomic E-state index is -2.01. The van der Waals surface area contributed by atoms with Crippen molar-refractivity contribution < 1.29 is 121 Å². The average molecular weight is 1660 g/mol. The summed E-state index contributed by atoms with van der Waals surface area (Å²) in [6.45, 7) is 19.7. The molecule has 43 nitrogen and oxygen atoms in total. The first-order chi connectivity index (χ1) is 53.4. The molecule has 0 aromatic rings. The van der Waals surface area contributed by atoms with Gasteiger partial charge < -0.3 is 122 Å². The molecule has 0 saturated carbocycles. The molecule has 17 amide bonds. The quantitative estimate of drug-likeness (QED) is 0.0252. The van der Waals surface area contributed by atoms with Gasteiger partial charge in [-0.1, -0.05) is 95.9 Å². The van der Waals surface area contributed by atoms with E-state index in [2.05, 4.69) is 92.4 Å². The van der Waals surface area contributed by atoms with Gasteiger partial charge in [0.25, 0.3) is 0 Å². The fourth-order valence-electron chi connectivity index (χ4n) is 10.9. The molecule has 0 saturated heterocycles. The molecule has 0 aromatic heterocycles. The molecular weight excluding hydrogens is 1540 g/mol. The molecule has 0 aliphatic rings. The van der Waals surface area contributed by atoms with E-state index >= 15 is 0 Å². The van der Waals surface area contributed by atoms with Crippen LogP contribution in [0.1, 0.15) is 174 Å². The third kappa shape index (κ3) is 41.5. The summed E-state index contributed by atoms with van der Waals surface area (Å²) in [7, 11) is 0. The van der Waals surface area contributed by atoms with E-state index in [9.17, 15) is 121 Å². The molecule has 0 radical (unpaired) electrons. The molecule has 652 valence electrons. The van der Waals surface area contributed by atoms with E-state index in [1.807, 2.05) is 0 Å². The van der Waals surface area contributed by atoms with E-state index in [0.29, 0.717) is 0 Å². The highest BCUT2D eigenvalue weighted by Crippen LogP contribution is 2.16. The number of amides is 17. The maximum Gasteiger partial charge on any atom is 0.326 e. The van der Waals surface area contributed by atoms with Gasteiger partial charge in [-0.2, -0.15) is 12.6 Å². The lowest BCUT2D eigenvalue weighted by Crippen LogP contribution is -2.61. The standard InChI is InChI=1S/C71H122N18O25S/c1-15-35(11)55(88-62(104)41(18-20-54(99)100)81-66(108)46(26-49(74)93)84-70(112)58(38(14)91)89-59(101)39(72)30-115)67(109)76-27-50(94)78-43(22-32(5)6)63(105)82-42(21-31(3)4)60(102)75-29-52(96)86-57(37(13)90)69(111)83-45(25-48(73)92)65(107)80-40(17-19-53(97)98)61(103)87-56(36(12)16-2)68(110)77-28-51(95)79-44(23-33(7)8)64(106)85-47(71(113)114)24-34(9)10/h31-47,55-58,90-91,115H,15-30,72H2,1-14H3,(H2,73,92)(H2,74,93)(H,75,102)(H,76,109)(H,77,110)(H,78,94)(H,79,95)(H,80,107)(H,81,108)(H,82,105)(H,83,111)(H,84,112)(H,85,106)(H,86,96)(H,87,103)(H,88,104)(H,89,101)(H,97,98)(H,99,100)(H,113,114)/t35-,36-,37+,38+,39-,40-,41-,42-,43-,44-,45-,46-,47-,55-,56-,57-,58-/m0/s1. The van der Waals surface area contributed by atoms with Crippen LogP contribution >= 0.6 is 12.6 Å². The van der Waals surface area contributed by atoms with Crippen molar-refractivity contribution in [3.05, 3.63) is 0 Å². The molecule has 0 rings (SSSR count). The molecule has 0 heterocycles. The topological polar surface area (TPSA) is 701 Å². The highest BCUT2D eigenvalue weighted by molar-refractivity contribution is 7.80. The number of nitrogens with one attached hydrogen (secondary N) is 15. The molecule has 0 bridgehead atoms. The maximum absolute atomic E-state index is 14.1. The van der Waals surface area contributed by atoms with Gasteiger partial charge >= 0.3 is 17.9 Å². The Morgan fingerprint density at radius 3 is 0.896 bits per heavy atom. The summed E-state index contributed by atoms with van der Waals surface area (Å²) in [5, 5.41) is 84.9. The van der Waals surface area contributed by atoms with Gasteiger partial charge in [0.2, 0.25) is 100 Å². The molecule has 17 atom stereocenters. The van der Waals surface area contributed by atoms with Crippen molar-refractivity contribution in [1.29, 1.82) is 0 Å². The molecule has 0 aliphatic carbocycles. The third-order valence-corrected chi connectivity index (χ3v) is 17.9. The number of carbonyl (C=O) groups excluding carboxylic acids is 17. The van der Waals surface area contributed by atoms with Crippen LogP contribution in [-0.2, 0) is 95.9 Å². The van der Waals surface area contributed by atoms with Gasteiger partial charge in [-0.15, -0.1) is 0 Å². The Balaban J connectivity index is 6.56. The molecule has 0 spiro atoms. The summed E-state index contributed by atoms with van der Waals surface area (Å²) in [5.74, 6) is -25.1. The molecular formula is C71H122N18O25S. The average Bonchev–Trinajstić information content (AvgIpc) is 0.855. The second kappa shape index (κ2) is 52.9. The lowest BCUT2D eigenvalue weighted by Gasteiger charge is -2.28. The van der Waals surface area contributed by atoms with Crippen molar-refractivity contribution in [3.63, 3.8) is 0 Å². The Bertz CT molecular complexity index is 3380. The van der Waals surface area contributed by atoms with Crippen molar-refractivity contribution in [2.24, 2.45) is 52.7 Å². The van der Waals surface area contributed by atoms with Crippen molar-refractivity contribution in [2.75, 3.05) is 25.4 Å². The van der Waals surface area contributed by atoms with E-state index in [1.165, 1.54) is 13.8 Å². The predicted octanol–water partition coefficient (Wildman–Crippen LogP) is -6.99. The number of nitrogens with two attached hydrogens (primary N) is 3. The number of hydrogen-bond acceptors (Lipinski definition) is 24. The zero-order chi connectivity index (χ0) is 88.6. The van der Waals surface area contributed by atoms with Crippen LogP contribution in [0.3, 0.4) is 0 Å². The number of carboxylic acid groups (broad SMARTS) is 3. The van der Waals surface area contributed by atoms with Gasteiger partial charge in [0.05, 0.1) is 50.7 Å². The second-order valence-electron chi connectivity index (χ2n) is 29.9. The molecule has 0 aromatic carbocycles. The Morgan fingerprint density at radius 1 is 0.322 bits per heavy atom. The summed E-state index contributed by atoms with van der Waals surface area (Å²) in [5.41, 5.74) is 16.5. The highest BCUT2D eigenvalue weighted by Gasteiger charge is 2.39. The lowest BCUT2D eigenvalue weighted by atomic mass is 9.97. The summed E-state index contributed by atoms with van der Waals surface area (Å²) in [6.07, 6.45) is -7.70. The van der Waals surface area contributed by atoms with Gasteiger partial charge in [-0.25, -0.2) is 4.79 Å². The van der Waals surface area contributed by atoms with Crippen molar-refractivity contribution in [1.82, 2.24) is 79.8 Å². The molecule has 115 heavy (non-hydrogen) atoms. The number of carbonyl (C=O) groups is 20. The first-order valence-electron chi connectivity index (χ1n) is 37.8. The number of carboxylic acids is 3. The summed E-state index contributed by atoms with van der Waals surface area (Å²) in [4.78, 5) is 265. The van der Waals surface area contributed by atoms with Gasteiger partial charge in [-0.3, -0.25) is 91.1 Å². The van der Waals surface area contributed by atoms with Crippen molar-refractivity contribution in [2.45, 2.75) is 265 Å². The fraction of sp³-hybridized carbons (Fsp3) is 0.718. The fourth-order valence-corrected chi connectivity index (χ4v) is 11.1. The van der Waals surface area contributed by atoms with Gasteiger partial charge in [0.15, 0.2) is 0 Å². The van der Waals surface area contributed by atoms with E-state index < -0.39 is 279 Å². The predicted molar refractivity (Wildman–Crippen MR) is 413 cm³/mol. The summed E-state index contributed by atoms with van der Waals surface area (Å²) >= 11 is 3.92. The number of rotatable bonds is 56. The normalized spacial score (nSPS) is 15.7. The number of aliphatic carboxylic acids is 3. The molecule has 26 N–H and O–H groups in total. The van der Waals surface area contributed by atoms with Crippen LogP contribution in [0.2, 0.25) is 0 Å². The third-order valence-electron chi connectivity index (χ3n) is 17.5. The van der Waals surface area contributed by atoms with Crippen LogP contribution < -0.4 is 97.0 Å². The minimum Gasteiger partial charge on any atom is -0.481 e. The Labute approximate surface area is 672 Å². The number of primary amides is 2. The molecule has 44 heteroatoms. The van der Waals surface area contributed by atoms with Crippen LogP contribution in [0.4, 0.5) is 0 Å². The lowest BCUT2D eigenvalue weighted by molar-refractivity contribution is -0.143. The molecule has 0 fully saturated rings. The van der Waals surface area contributed by atoms with Gasteiger partial charge in [0.1, 0.15) is 72.5 Å². The molecule has 0 unspecified atom stereocenters. The van der Waals surface area contributed by atoms with Crippen LogP contribution in [0, 0.1) is 35.5 Å². The summed E-state index contributed by atoms with van der Waals surface area (Å²) < 4.78 is 0. The van der Waals surface area contributed by atoms with Crippen LogP contribution in [-0.4, -0.2) is 260 Å². The molecule has 0 aliphatic heterocycles. The zero-order valence-electron chi connectivity index (χ0n) is 67.5. The van der Waals surface area contributed by atoms with E-state index in [4.69, 9.17) is 17.2 Å². The number of aliphatic hydroxyl groups excluding tert-OH is 2. The van der Waals surface area contributed by atoms with Crippen molar-refractivity contribution in [3.8, 4) is 0 Å². The van der Waals surface area contributed by atoms with Crippen LogP contribution in [0.25, 0.3) is 0 Å². The van der Waals surface area contributed by atoms with Crippen LogP contribution in [0.15, 0.2) is 0 Å². The van der Waals surface area contributed by atoms with Crippen LogP contribution in [0.5, 0.6) is 0 Å². The maximum atomic E-state index is 14.1. The monoisotopic (exact) mass is 1660 g/mol. The van der Waals surface area contributed by atoms with Gasteiger partial charge in [-0.05, 0) is 87.9 Å². The summed E-state index contributed by atoms with van der Waals surface area (Å²) in [6, 6.07) is -20.8. The largest absolute Gasteiger partial charge is 0.481 e. The highest BCUT2D eigenvalue weighted by atomic mass is 32.1. The Kier molecular flexibility index (Phi) is 48.1. The first kappa shape index (κ1) is 105. The van der Waals surface area contributed by atoms with E-state index in [1.54, 1.807) is 69.2 Å². The van der Waals surface area contributed by atoms with Gasteiger partial charge in [0, 0.05) is 18.6 Å². The zero-order valence-corrected chi connectivity index (χ0v) is 68.4. The Hall–Kier alpha value is -10.4. The number of thiol groups is 1. The smallest absolute Gasteiger partial charge is 0.326 e. The van der Waals surface area contributed by atoms with Crippen molar-refractivity contribution >= 4 is 131 Å². The number of hydrogen-bond donors (Lipinski definition) is 24. The van der Waals surface area contributed by atoms with E-state index in [-0.39, 0.29) is 67.9 Å². The Morgan fingerprint density at radius 2 is 0.591 bits per heavy atom. The minimum absolute atomic E-state index is 0.0629. The number of aliphatic hydroxyl groups is 2. The van der Waals surface area contributed by atoms with E-state index in [0.717, 1.165) is 13.8 Å². The second-order valence-corrected chi connectivity index (χ2v) is 30.2.